The van der Waals surface area contributed by atoms with Crippen LogP contribution in [0.4, 0.5) is 4.79 Å². The van der Waals surface area contributed by atoms with Crippen molar-refractivity contribution in [3.63, 3.8) is 0 Å². The minimum atomic E-state index is -0.0810. The highest BCUT2D eigenvalue weighted by Gasteiger charge is 2.27. The summed E-state index contributed by atoms with van der Waals surface area (Å²) in [5.74, 6) is 0. The van der Waals surface area contributed by atoms with Crippen LogP contribution in [0.3, 0.4) is 0 Å². The fourth-order valence-corrected chi connectivity index (χ4v) is 2.24. The van der Waals surface area contributed by atoms with Crippen molar-refractivity contribution in [3.8, 4) is 0 Å². The van der Waals surface area contributed by atoms with Crippen LogP contribution in [0, 0.1) is 0 Å². The summed E-state index contributed by atoms with van der Waals surface area (Å²) < 4.78 is 0. The fraction of sp³-hybridized carbons (Fsp3) is 0.538. The Morgan fingerprint density at radius 2 is 2.44 bits per heavy atom. The number of amides is 2. The van der Waals surface area contributed by atoms with Gasteiger partial charge in [-0.2, -0.15) is 0 Å². The van der Waals surface area contributed by atoms with Crippen molar-refractivity contribution < 1.29 is 9.90 Å². The maximum atomic E-state index is 11.9. The normalized spacial score (nSPS) is 18.9. The van der Waals surface area contributed by atoms with E-state index in [4.69, 9.17) is 5.11 Å². The van der Waals surface area contributed by atoms with Crippen LogP contribution in [-0.4, -0.2) is 46.8 Å². The number of carbonyl (C=O) groups excluding carboxylic acids is 1. The van der Waals surface area contributed by atoms with E-state index in [2.05, 4.69) is 10.3 Å². The third-order valence-electron chi connectivity index (χ3n) is 3.23. The van der Waals surface area contributed by atoms with Crippen molar-refractivity contribution in [1.29, 1.82) is 0 Å². The first-order chi connectivity index (χ1) is 8.81. The summed E-state index contributed by atoms with van der Waals surface area (Å²) in [6.07, 6.45) is 4.34. The van der Waals surface area contributed by atoms with Crippen LogP contribution in [0.25, 0.3) is 0 Å². The number of nitrogens with one attached hydrogen (secondary N) is 1. The molecule has 0 saturated carbocycles. The van der Waals surface area contributed by atoms with E-state index in [1.807, 2.05) is 18.2 Å². The van der Waals surface area contributed by atoms with Gasteiger partial charge in [-0.1, -0.05) is 6.07 Å². The first-order valence-corrected chi connectivity index (χ1v) is 6.36. The first kappa shape index (κ1) is 12.8. The van der Waals surface area contributed by atoms with Crippen LogP contribution in [-0.2, 0) is 6.42 Å². The van der Waals surface area contributed by atoms with E-state index in [0.717, 1.165) is 31.5 Å². The van der Waals surface area contributed by atoms with Crippen LogP contribution in [0.1, 0.15) is 18.5 Å². The van der Waals surface area contributed by atoms with Crippen molar-refractivity contribution in [1.82, 2.24) is 15.2 Å². The van der Waals surface area contributed by atoms with Crippen molar-refractivity contribution in [3.05, 3.63) is 30.1 Å². The van der Waals surface area contributed by atoms with Crippen molar-refractivity contribution in [2.24, 2.45) is 0 Å². The summed E-state index contributed by atoms with van der Waals surface area (Å²) >= 11 is 0. The Balaban J connectivity index is 1.75. The molecule has 18 heavy (non-hydrogen) atoms. The van der Waals surface area contributed by atoms with Gasteiger partial charge in [0.25, 0.3) is 0 Å². The molecule has 0 spiro atoms. The average Bonchev–Trinajstić information content (AvgIpc) is 2.88. The summed E-state index contributed by atoms with van der Waals surface area (Å²) in [6, 6.07) is 5.66. The third kappa shape index (κ3) is 3.20. The zero-order chi connectivity index (χ0) is 12.8. The van der Waals surface area contributed by atoms with Crippen LogP contribution in [0.15, 0.2) is 24.4 Å². The predicted octanol–water partition coefficient (Wildman–Crippen LogP) is 0.790. The van der Waals surface area contributed by atoms with Crippen molar-refractivity contribution in [2.75, 3.05) is 19.7 Å². The predicted molar refractivity (Wildman–Crippen MR) is 68.2 cm³/mol. The second-order valence-electron chi connectivity index (χ2n) is 4.48. The molecule has 0 unspecified atom stereocenters. The maximum absolute atomic E-state index is 11.9. The molecule has 1 aliphatic rings. The molecule has 0 radical (unpaired) electrons. The number of hydrogen-bond donors (Lipinski definition) is 2. The molecule has 2 amide bonds. The number of nitrogens with zero attached hydrogens (tertiary/aromatic N) is 2. The van der Waals surface area contributed by atoms with Gasteiger partial charge in [0.1, 0.15) is 0 Å². The largest absolute Gasteiger partial charge is 0.394 e. The van der Waals surface area contributed by atoms with Gasteiger partial charge in [-0.05, 0) is 25.0 Å². The lowest BCUT2D eigenvalue weighted by Gasteiger charge is -2.23. The number of rotatable bonds is 4. The molecule has 5 heteroatoms. The van der Waals surface area contributed by atoms with Gasteiger partial charge < -0.3 is 15.3 Å². The molecule has 2 rings (SSSR count). The number of carbonyl (C=O) groups is 1. The number of likely N-dealkylation sites (tertiary alicyclic amines) is 1. The van der Waals surface area contributed by atoms with Gasteiger partial charge >= 0.3 is 6.03 Å². The molecular formula is C13H19N3O2. The Morgan fingerprint density at radius 3 is 3.17 bits per heavy atom. The van der Waals surface area contributed by atoms with Crippen molar-refractivity contribution >= 4 is 6.03 Å². The number of aromatic nitrogens is 1. The number of pyridine rings is 1. The lowest BCUT2D eigenvalue weighted by molar-refractivity contribution is 0.157. The van der Waals surface area contributed by atoms with Crippen LogP contribution < -0.4 is 5.32 Å². The Morgan fingerprint density at radius 1 is 1.56 bits per heavy atom. The monoisotopic (exact) mass is 249 g/mol. The van der Waals surface area contributed by atoms with Crippen LogP contribution in [0.5, 0.6) is 0 Å². The van der Waals surface area contributed by atoms with E-state index in [0.29, 0.717) is 6.54 Å². The molecular weight excluding hydrogens is 230 g/mol. The summed E-state index contributed by atoms with van der Waals surface area (Å²) in [6.45, 7) is 1.36. The van der Waals surface area contributed by atoms with Gasteiger partial charge in [-0.3, -0.25) is 4.98 Å². The molecule has 2 N–H and O–H groups in total. The van der Waals surface area contributed by atoms with Gasteiger partial charge in [0.05, 0.1) is 12.6 Å². The highest BCUT2D eigenvalue weighted by atomic mass is 16.3. The number of aliphatic hydroxyl groups is 1. The highest BCUT2D eigenvalue weighted by molar-refractivity contribution is 5.74. The zero-order valence-corrected chi connectivity index (χ0v) is 10.4. The SMILES string of the molecule is O=C(NCCc1ccccn1)N1CCC[C@H]1CO. The summed E-state index contributed by atoms with van der Waals surface area (Å²) in [7, 11) is 0. The van der Waals surface area contributed by atoms with Crippen molar-refractivity contribution in [2.45, 2.75) is 25.3 Å². The van der Waals surface area contributed by atoms with E-state index >= 15 is 0 Å². The highest BCUT2D eigenvalue weighted by Crippen LogP contribution is 2.16. The summed E-state index contributed by atoms with van der Waals surface area (Å²) in [4.78, 5) is 17.8. The molecule has 1 aliphatic heterocycles. The molecule has 0 aromatic carbocycles. The van der Waals surface area contributed by atoms with E-state index in [-0.39, 0.29) is 18.7 Å². The second-order valence-corrected chi connectivity index (χ2v) is 4.48. The lowest BCUT2D eigenvalue weighted by atomic mass is 10.2. The summed E-state index contributed by atoms with van der Waals surface area (Å²) in [5, 5.41) is 12.0. The zero-order valence-electron chi connectivity index (χ0n) is 10.4. The number of aliphatic hydroxyl groups excluding tert-OH is 1. The number of urea groups is 1. The minimum absolute atomic E-state index is 0.0140. The molecule has 1 aromatic heterocycles. The molecule has 1 fully saturated rings. The Hall–Kier alpha value is -1.62. The Labute approximate surface area is 107 Å². The topological polar surface area (TPSA) is 65.5 Å². The summed E-state index contributed by atoms with van der Waals surface area (Å²) in [5.41, 5.74) is 0.970. The fourth-order valence-electron chi connectivity index (χ4n) is 2.24. The van der Waals surface area contributed by atoms with Gasteiger partial charge in [-0.15, -0.1) is 0 Å². The molecule has 2 heterocycles. The standard InChI is InChI=1S/C13H19N3O2/c17-10-12-5-3-9-16(12)13(18)15-8-6-11-4-1-2-7-14-11/h1-2,4,7,12,17H,3,5-6,8-10H2,(H,15,18)/t12-/m0/s1. The van der Waals surface area contributed by atoms with E-state index in [1.54, 1.807) is 11.1 Å². The Bertz CT molecular complexity index is 383. The molecule has 1 aromatic rings. The van der Waals surface area contributed by atoms with Gasteiger partial charge in [0, 0.05) is 31.4 Å². The van der Waals surface area contributed by atoms with E-state index in [9.17, 15) is 4.79 Å². The maximum Gasteiger partial charge on any atom is 0.317 e. The second kappa shape index (κ2) is 6.35. The van der Waals surface area contributed by atoms with Gasteiger partial charge in [-0.25, -0.2) is 4.79 Å². The third-order valence-corrected chi connectivity index (χ3v) is 3.23. The average molecular weight is 249 g/mol. The van der Waals surface area contributed by atoms with Gasteiger partial charge in [0.2, 0.25) is 0 Å². The van der Waals surface area contributed by atoms with Gasteiger partial charge in [0.15, 0.2) is 0 Å². The first-order valence-electron chi connectivity index (χ1n) is 6.36. The van der Waals surface area contributed by atoms with E-state index < -0.39 is 0 Å². The molecule has 1 atom stereocenters. The van der Waals surface area contributed by atoms with Crippen LogP contribution >= 0.6 is 0 Å². The number of hydrogen-bond acceptors (Lipinski definition) is 3. The Kier molecular flexibility index (Phi) is 4.52. The minimum Gasteiger partial charge on any atom is -0.394 e. The quantitative estimate of drug-likeness (QED) is 0.829. The van der Waals surface area contributed by atoms with Crippen LogP contribution in [0.2, 0.25) is 0 Å². The molecule has 0 bridgehead atoms. The van der Waals surface area contributed by atoms with E-state index in [1.165, 1.54) is 0 Å². The molecule has 98 valence electrons. The smallest absolute Gasteiger partial charge is 0.317 e. The molecule has 0 aliphatic carbocycles. The molecule has 1 saturated heterocycles. The molecule has 5 nitrogen and oxygen atoms in total. The lowest BCUT2D eigenvalue weighted by Crippen LogP contribution is -2.44.